The Morgan fingerprint density at radius 3 is 2.69 bits per heavy atom. The highest BCUT2D eigenvalue weighted by molar-refractivity contribution is 14.1. The number of nitrogens with one attached hydrogen (secondary N) is 2. The summed E-state index contributed by atoms with van der Waals surface area (Å²) in [5, 5.41) is 16.0. The van der Waals surface area contributed by atoms with Crippen molar-refractivity contribution in [2.75, 3.05) is 51.6 Å². The Kier molecular flexibility index (Phi) is 7.36. The van der Waals surface area contributed by atoms with Crippen LogP contribution in [-0.2, 0) is 0 Å². The van der Waals surface area contributed by atoms with Crippen LogP contribution < -0.4 is 15.0 Å². The summed E-state index contributed by atoms with van der Waals surface area (Å²) >= 11 is 2.28. The second-order valence-corrected chi connectivity index (χ2v) is 9.55. The van der Waals surface area contributed by atoms with Crippen LogP contribution in [0, 0.1) is 13.7 Å². The zero-order valence-electron chi connectivity index (χ0n) is 19.9. The largest absolute Gasteiger partial charge is 0.494 e. The number of fused-ring (bicyclic) bond motifs is 1. The summed E-state index contributed by atoms with van der Waals surface area (Å²) in [6.07, 6.45) is 3.57. The highest BCUT2D eigenvalue weighted by Crippen LogP contribution is 2.39. The number of rotatable bonds is 9. The van der Waals surface area contributed by atoms with Gasteiger partial charge in [-0.2, -0.15) is 0 Å². The van der Waals surface area contributed by atoms with Crippen molar-refractivity contribution in [2.24, 2.45) is 0 Å². The molecule has 10 nitrogen and oxygen atoms in total. The zero-order valence-corrected chi connectivity index (χ0v) is 22.0. The summed E-state index contributed by atoms with van der Waals surface area (Å²) in [4.78, 5) is 27.6. The van der Waals surface area contributed by atoms with Gasteiger partial charge in [-0.3, -0.25) is 10.1 Å². The standard InChI is InChI=1S/C24H26IN7O3/c1-30(2)9-10-31(3)21-13-23(35-4)20(12-22(21)32(33)34)29-24-26-8-7-18(28-24)17-14-27-19-11-15(25)5-6-16(17)19/h5-8,11-14,27H,9-10H2,1-4H3,(H,26,28,29). The van der Waals surface area contributed by atoms with E-state index in [1.807, 2.05) is 49.3 Å². The van der Waals surface area contributed by atoms with Crippen molar-refractivity contribution in [2.45, 2.75) is 0 Å². The molecule has 4 rings (SSSR count). The van der Waals surface area contributed by atoms with E-state index >= 15 is 0 Å². The number of ether oxygens (including phenoxy) is 1. The molecule has 2 aromatic carbocycles. The fraction of sp³-hybridized carbons (Fsp3) is 0.250. The second-order valence-electron chi connectivity index (χ2n) is 8.31. The third-order valence-electron chi connectivity index (χ3n) is 5.61. The number of H-pyrrole nitrogens is 1. The number of methoxy groups -OCH3 is 1. The molecule has 0 fully saturated rings. The Labute approximate surface area is 216 Å². The van der Waals surface area contributed by atoms with Gasteiger partial charge in [0.15, 0.2) is 0 Å². The average molecular weight is 587 g/mol. The number of aromatic nitrogens is 3. The molecule has 0 spiro atoms. The van der Waals surface area contributed by atoms with Crippen LogP contribution >= 0.6 is 22.6 Å². The van der Waals surface area contributed by atoms with Gasteiger partial charge in [0.1, 0.15) is 11.4 Å². The lowest BCUT2D eigenvalue weighted by Gasteiger charge is -2.22. The quantitative estimate of drug-likeness (QED) is 0.162. The normalized spacial score (nSPS) is 11.1. The van der Waals surface area contributed by atoms with Crippen molar-refractivity contribution in [3.05, 3.63) is 62.5 Å². The fourth-order valence-corrected chi connectivity index (χ4v) is 4.24. The van der Waals surface area contributed by atoms with E-state index in [0.29, 0.717) is 29.6 Å². The minimum atomic E-state index is -0.392. The van der Waals surface area contributed by atoms with E-state index in [-0.39, 0.29) is 5.69 Å². The monoisotopic (exact) mass is 587 g/mol. The molecule has 2 aromatic heterocycles. The molecule has 11 heteroatoms. The third-order valence-corrected chi connectivity index (χ3v) is 6.28. The summed E-state index contributed by atoms with van der Waals surface area (Å²) in [6, 6.07) is 11.1. The number of nitro benzene ring substituents is 1. The number of benzene rings is 2. The Hall–Kier alpha value is -3.45. The first-order valence-electron chi connectivity index (χ1n) is 10.9. The fourth-order valence-electron chi connectivity index (χ4n) is 3.75. The van der Waals surface area contributed by atoms with Crippen molar-refractivity contribution in [1.82, 2.24) is 19.9 Å². The Morgan fingerprint density at radius 1 is 1.17 bits per heavy atom. The van der Waals surface area contributed by atoms with Gasteiger partial charge in [-0.1, -0.05) is 6.07 Å². The first kappa shape index (κ1) is 24.7. The van der Waals surface area contributed by atoms with Crippen LogP contribution in [0.15, 0.2) is 48.8 Å². The number of nitrogens with zero attached hydrogens (tertiary/aromatic N) is 5. The predicted molar refractivity (Wildman–Crippen MR) is 147 cm³/mol. The Morgan fingerprint density at radius 2 is 1.97 bits per heavy atom. The molecular weight excluding hydrogens is 561 g/mol. The van der Waals surface area contributed by atoms with Gasteiger partial charge < -0.3 is 24.8 Å². The van der Waals surface area contributed by atoms with Crippen molar-refractivity contribution in [1.29, 1.82) is 0 Å². The summed E-state index contributed by atoms with van der Waals surface area (Å²) in [5.74, 6) is 0.765. The molecule has 0 bridgehead atoms. The zero-order chi connectivity index (χ0) is 25.1. The van der Waals surface area contributed by atoms with Crippen molar-refractivity contribution < 1.29 is 9.66 Å². The molecule has 2 heterocycles. The van der Waals surface area contributed by atoms with E-state index in [4.69, 9.17) is 4.74 Å². The van der Waals surface area contributed by atoms with Gasteiger partial charge in [-0.25, -0.2) is 9.97 Å². The highest BCUT2D eigenvalue weighted by atomic mass is 127. The molecule has 0 radical (unpaired) electrons. The van der Waals surface area contributed by atoms with Crippen LogP contribution in [0.1, 0.15) is 0 Å². The number of anilines is 3. The summed E-state index contributed by atoms with van der Waals surface area (Å²) < 4.78 is 6.69. The molecule has 0 atom stereocenters. The lowest BCUT2D eigenvalue weighted by Crippen LogP contribution is -2.28. The number of hydrogen-bond acceptors (Lipinski definition) is 8. The average Bonchev–Trinajstić information content (AvgIpc) is 3.25. The van der Waals surface area contributed by atoms with Gasteiger partial charge in [0, 0.05) is 64.7 Å². The number of hydrogen-bond donors (Lipinski definition) is 2. The summed E-state index contributed by atoms with van der Waals surface area (Å²) in [6.45, 7) is 1.38. The van der Waals surface area contributed by atoms with Crippen molar-refractivity contribution in [3.8, 4) is 17.0 Å². The highest BCUT2D eigenvalue weighted by Gasteiger charge is 2.22. The molecule has 35 heavy (non-hydrogen) atoms. The minimum Gasteiger partial charge on any atom is -0.494 e. The van der Waals surface area contributed by atoms with E-state index in [1.54, 1.807) is 12.3 Å². The molecule has 0 amide bonds. The molecule has 2 N–H and O–H groups in total. The Balaban J connectivity index is 1.68. The number of aromatic amines is 1. The Bertz CT molecular complexity index is 1370. The summed E-state index contributed by atoms with van der Waals surface area (Å²) in [7, 11) is 7.27. The van der Waals surface area contributed by atoms with E-state index < -0.39 is 4.92 Å². The van der Waals surface area contributed by atoms with Gasteiger partial charge in [-0.15, -0.1) is 0 Å². The van der Waals surface area contributed by atoms with Gasteiger partial charge in [0.25, 0.3) is 5.69 Å². The second kappa shape index (κ2) is 10.4. The lowest BCUT2D eigenvalue weighted by atomic mass is 10.1. The van der Waals surface area contributed by atoms with Gasteiger partial charge >= 0.3 is 0 Å². The van der Waals surface area contributed by atoms with E-state index in [1.165, 1.54) is 13.2 Å². The molecule has 0 saturated carbocycles. The maximum absolute atomic E-state index is 11.9. The SMILES string of the molecule is COc1cc(N(C)CCN(C)C)c([N+](=O)[O-])cc1Nc1nccc(-c2c[nH]c3cc(I)ccc23)n1. The molecule has 0 aliphatic rings. The van der Waals surface area contributed by atoms with Crippen LogP contribution in [0.3, 0.4) is 0 Å². The maximum Gasteiger partial charge on any atom is 0.294 e. The molecular formula is C24H26IN7O3. The maximum atomic E-state index is 11.9. The van der Waals surface area contributed by atoms with Crippen LogP contribution in [0.25, 0.3) is 22.2 Å². The molecule has 0 aliphatic heterocycles. The van der Waals surface area contributed by atoms with Crippen LogP contribution in [0.4, 0.5) is 23.0 Å². The first-order chi connectivity index (χ1) is 16.8. The summed E-state index contributed by atoms with van der Waals surface area (Å²) in [5.41, 5.74) is 3.54. The van der Waals surface area contributed by atoms with Crippen LogP contribution in [-0.4, -0.2) is 66.1 Å². The number of nitro groups is 1. The van der Waals surface area contributed by atoms with E-state index in [9.17, 15) is 10.1 Å². The first-order valence-corrected chi connectivity index (χ1v) is 11.9. The van der Waals surface area contributed by atoms with Crippen LogP contribution in [0.2, 0.25) is 0 Å². The van der Waals surface area contributed by atoms with Crippen molar-refractivity contribution >= 4 is 56.5 Å². The number of halogens is 1. The van der Waals surface area contributed by atoms with Crippen LogP contribution in [0.5, 0.6) is 5.75 Å². The van der Waals surface area contributed by atoms with Gasteiger partial charge in [0.05, 0.1) is 23.4 Å². The van der Waals surface area contributed by atoms with E-state index in [2.05, 4.69) is 55.0 Å². The van der Waals surface area contributed by atoms with Crippen molar-refractivity contribution in [3.63, 3.8) is 0 Å². The minimum absolute atomic E-state index is 0.0306. The lowest BCUT2D eigenvalue weighted by molar-refractivity contribution is -0.384. The smallest absolute Gasteiger partial charge is 0.294 e. The topological polar surface area (TPSA) is 112 Å². The molecule has 0 aliphatic carbocycles. The third kappa shape index (κ3) is 5.46. The molecule has 0 unspecified atom stereocenters. The number of likely N-dealkylation sites (N-methyl/N-ethyl adjacent to an activating group) is 2. The molecule has 0 saturated heterocycles. The van der Waals surface area contributed by atoms with E-state index in [0.717, 1.165) is 32.3 Å². The van der Waals surface area contributed by atoms with Gasteiger partial charge in [-0.05, 0) is 54.9 Å². The predicted octanol–water partition coefficient (Wildman–Crippen LogP) is 4.89. The van der Waals surface area contributed by atoms with Gasteiger partial charge in [0.2, 0.25) is 5.95 Å². The molecule has 182 valence electrons. The molecule has 4 aromatic rings.